The van der Waals surface area contributed by atoms with Gasteiger partial charge in [0.15, 0.2) is 6.10 Å². The smallest absolute Gasteiger partial charge is 0.306 e. The average Bonchev–Trinajstić information content (AvgIpc) is 3.30. The van der Waals surface area contributed by atoms with Crippen molar-refractivity contribution in [2.75, 3.05) is 13.2 Å². The number of ether oxygens (including phenoxy) is 3. The fourth-order valence-corrected chi connectivity index (χ4v) is 7.84. The Kier molecular flexibility index (Phi) is 51.3. The summed E-state index contributed by atoms with van der Waals surface area (Å²) in [6.07, 6.45) is 66.3. The second kappa shape index (κ2) is 53.7. The van der Waals surface area contributed by atoms with E-state index in [-0.39, 0.29) is 31.1 Å². The molecular weight excluding hydrogens is 805 g/mol. The van der Waals surface area contributed by atoms with E-state index in [2.05, 4.69) is 81.5 Å². The van der Waals surface area contributed by atoms with Crippen molar-refractivity contribution >= 4 is 17.9 Å². The predicted molar refractivity (Wildman–Crippen MR) is 279 cm³/mol. The fourth-order valence-electron chi connectivity index (χ4n) is 7.84. The molecule has 0 spiro atoms. The van der Waals surface area contributed by atoms with Gasteiger partial charge in [0.1, 0.15) is 13.2 Å². The van der Waals surface area contributed by atoms with Crippen molar-refractivity contribution in [3.63, 3.8) is 0 Å². The zero-order chi connectivity index (χ0) is 47.2. The number of hydrogen-bond acceptors (Lipinski definition) is 6. The molecule has 0 saturated carbocycles. The van der Waals surface area contributed by atoms with Crippen molar-refractivity contribution in [3.05, 3.63) is 60.8 Å². The molecule has 0 fully saturated rings. The second-order valence-electron chi connectivity index (χ2n) is 18.5. The van der Waals surface area contributed by atoms with Crippen LogP contribution in [-0.2, 0) is 28.6 Å². The zero-order valence-electron chi connectivity index (χ0n) is 43.0. The van der Waals surface area contributed by atoms with Gasteiger partial charge < -0.3 is 14.2 Å². The Morgan fingerprint density at radius 2 is 0.615 bits per heavy atom. The number of allylic oxidation sites excluding steroid dienone is 10. The number of carbonyl (C=O) groups excluding carboxylic acids is 3. The fraction of sp³-hybridized carbons (Fsp3) is 0.780. The first-order valence-corrected chi connectivity index (χ1v) is 27.8. The number of unbranched alkanes of at least 4 members (excludes halogenated alkanes) is 31. The monoisotopic (exact) mass is 909 g/mol. The first kappa shape index (κ1) is 62.1. The Labute approximate surface area is 402 Å². The van der Waals surface area contributed by atoms with Gasteiger partial charge >= 0.3 is 17.9 Å². The third-order valence-corrected chi connectivity index (χ3v) is 12.0. The van der Waals surface area contributed by atoms with Crippen LogP contribution in [0, 0.1) is 0 Å². The lowest BCUT2D eigenvalue weighted by Gasteiger charge is -2.18. The van der Waals surface area contributed by atoms with Crippen LogP contribution in [0.5, 0.6) is 0 Å². The molecule has 0 rings (SSSR count). The van der Waals surface area contributed by atoms with E-state index in [9.17, 15) is 14.4 Å². The van der Waals surface area contributed by atoms with E-state index in [1.165, 1.54) is 148 Å². The third kappa shape index (κ3) is 51.9. The van der Waals surface area contributed by atoms with E-state index < -0.39 is 6.10 Å². The van der Waals surface area contributed by atoms with Gasteiger partial charge in [-0.25, -0.2) is 0 Å². The molecule has 0 aliphatic rings. The summed E-state index contributed by atoms with van der Waals surface area (Å²) in [5.41, 5.74) is 0. The highest BCUT2D eigenvalue weighted by molar-refractivity contribution is 5.71. The van der Waals surface area contributed by atoms with Gasteiger partial charge in [0.25, 0.3) is 0 Å². The SMILES string of the molecule is CC\C=C/C=C\C=C/CCCCCCCCCC(=O)OCC(COC(=O)CCCCCCC/C=C\CCCCCCCCC)OC(=O)CCCCCCC/C=C\CCCCCCCCC. The van der Waals surface area contributed by atoms with Crippen LogP contribution in [0.25, 0.3) is 0 Å². The molecule has 0 aromatic rings. The molecule has 376 valence electrons. The number of rotatable bonds is 50. The molecule has 0 aliphatic heterocycles. The van der Waals surface area contributed by atoms with Crippen LogP contribution in [0.4, 0.5) is 0 Å². The maximum atomic E-state index is 12.8. The molecule has 0 N–H and O–H groups in total. The molecule has 1 unspecified atom stereocenters. The van der Waals surface area contributed by atoms with E-state index >= 15 is 0 Å². The lowest BCUT2D eigenvalue weighted by molar-refractivity contribution is -0.167. The molecule has 0 saturated heterocycles. The lowest BCUT2D eigenvalue weighted by atomic mass is 10.1. The van der Waals surface area contributed by atoms with E-state index in [4.69, 9.17) is 14.2 Å². The summed E-state index contributed by atoms with van der Waals surface area (Å²) in [6, 6.07) is 0. The Bertz CT molecular complexity index is 1180. The number of esters is 3. The van der Waals surface area contributed by atoms with Crippen LogP contribution >= 0.6 is 0 Å². The Hall–Kier alpha value is -2.89. The minimum absolute atomic E-state index is 0.0850. The van der Waals surface area contributed by atoms with Crippen LogP contribution < -0.4 is 0 Å². The van der Waals surface area contributed by atoms with Crippen LogP contribution in [-0.4, -0.2) is 37.2 Å². The highest BCUT2D eigenvalue weighted by Crippen LogP contribution is 2.15. The summed E-state index contributed by atoms with van der Waals surface area (Å²) >= 11 is 0. The predicted octanol–water partition coefficient (Wildman–Crippen LogP) is 18.4. The van der Waals surface area contributed by atoms with Gasteiger partial charge in [0.05, 0.1) is 0 Å². The van der Waals surface area contributed by atoms with Gasteiger partial charge in [0, 0.05) is 19.3 Å². The van der Waals surface area contributed by atoms with Gasteiger partial charge in [-0.3, -0.25) is 14.4 Å². The van der Waals surface area contributed by atoms with Gasteiger partial charge in [-0.2, -0.15) is 0 Å². The zero-order valence-corrected chi connectivity index (χ0v) is 43.0. The lowest BCUT2D eigenvalue weighted by Crippen LogP contribution is -2.30. The van der Waals surface area contributed by atoms with Gasteiger partial charge in [-0.15, -0.1) is 0 Å². The van der Waals surface area contributed by atoms with Crippen molar-refractivity contribution in [1.29, 1.82) is 0 Å². The summed E-state index contributed by atoms with van der Waals surface area (Å²) in [6.45, 7) is 6.50. The number of carbonyl (C=O) groups is 3. The molecule has 6 nitrogen and oxygen atoms in total. The highest BCUT2D eigenvalue weighted by atomic mass is 16.6. The first-order chi connectivity index (χ1) is 32.0. The quantitative estimate of drug-likeness (QED) is 0.0199. The molecule has 1 atom stereocenters. The largest absolute Gasteiger partial charge is 0.462 e. The normalized spacial score (nSPS) is 12.5. The van der Waals surface area contributed by atoms with Crippen LogP contribution in [0.3, 0.4) is 0 Å². The van der Waals surface area contributed by atoms with Crippen molar-refractivity contribution in [1.82, 2.24) is 0 Å². The maximum absolute atomic E-state index is 12.8. The molecule has 6 heteroatoms. The van der Waals surface area contributed by atoms with Gasteiger partial charge in [-0.1, -0.05) is 229 Å². The first-order valence-electron chi connectivity index (χ1n) is 27.8. The van der Waals surface area contributed by atoms with E-state index in [1.807, 2.05) is 0 Å². The highest BCUT2D eigenvalue weighted by Gasteiger charge is 2.19. The van der Waals surface area contributed by atoms with Crippen molar-refractivity contribution in [2.45, 2.75) is 284 Å². The van der Waals surface area contributed by atoms with Crippen LogP contribution in [0.15, 0.2) is 60.8 Å². The van der Waals surface area contributed by atoms with E-state index in [0.29, 0.717) is 19.3 Å². The van der Waals surface area contributed by atoms with E-state index in [1.54, 1.807) is 0 Å². The standard InChI is InChI=1S/C59H104O6/c1-4-7-10-13-16-19-22-25-28-31-34-37-40-43-46-49-52-58(61)64-55-56(54-63-57(60)51-48-45-42-39-36-33-30-27-24-21-18-15-12-9-6-3)65-59(62)53-50-47-44-41-38-35-32-29-26-23-20-17-14-11-8-5-2/h9,12,15,18,21,24,28-29,31-32,56H,4-8,10-11,13-14,16-17,19-20,22-23,25-27,30,33-55H2,1-3H3/b12-9-,18-15-,24-21-,31-28-,32-29-. The van der Waals surface area contributed by atoms with E-state index in [0.717, 1.165) is 89.9 Å². The summed E-state index contributed by atoms with van der Waals surface area (Å²) < 4.78 is 16.8. The summed E-state index contributed by atoms with van der Waals surface area (Å²) in [5, 5.41) is 0. The van der Waals surface area contributed by atoms with Crippen molar-refractivity contribution in [3.8, 4) is 0 Å². The number of hydrogen-bond donors (Lipinski definition) is 0. The molecule has 0 aromatic carbocycles. The molecule has 0 amide bonds. The second-order valence-corrected chi connectivity index (χ2v) is 18.5. The molecule has 0 aromatic heterocycles. The minimum atomic E-state index is -0.786. The minimum Gasteiger partial charge on any atom is -0.462 e. The summed E-state index contributed by atoms with van der Waals surface area (Å²) in [4.78, 5) is 38.1. The van der Waals surface area contributed by atoms with Gasteiger partial charge in [-0.05, 0) is 89.9 Å². The maximum Gasteiger partial charge on any atom is 0.306 e. The van der Waals surface area contributed by atoms with Crippen molar-refractivity contribution in [2.24, 2.45) is 0 Å². The molecule has 65 heavy (non-hydrogen) atoms. The molecule has 0 heterocycles. The van der Waals surface area contributed by atoms with Crippen molar-refractivity contribution < 1.29 is 28.6 Å². The summed E-state index contributed by atoms with van der Waals surface area (Å²) in [5.74, 6) is -0.905. The third-order valence-electron chi connectivity index (χ3n) is 12.0. The molecular formula is C59H104O6. The Morgan fingerprint density at radius 1 is 0.323 bits per heavy atom. The Balaban J connectivity index is 4.41. The molecule has 0 aliphatic carbocycles. The summed E-state index contributed by atoms with van der Waals surface area (Å²) in [7, 11) is 0. The Morgan fingerprint density at radius 3 is 0.969 bits per heavy atom. The molecule has 0 radical (unpaired) electrons. The van der Waals surface area contributed by atoms with Crippen LogP contribution in [0.1, 0.15) is 278 Å². The average molecular weight is 909 g/mol. The molecule has 0 bridgehead atoms. The van der Waals surface area contributed by atoms with Crippen LogP contribution in [0.2, 0.25) is 0 Å². The van der Waals surface area contributed by atoms with Gasteiger partial charge in [0.2, 0.25) is 0 Å². The topological polar surface area (TPSA) is 78.9 Å².